The molecule has 1 atom stereocenters. The summed E-state index contributed by atoms with van der Waals surface area (Å²) >= 11 is 0. The molecule has 1 saturated heterocycles. The molecule has 118 valence electrons. The summed E-state index contributed by atoms with van der Waals surface area (Å²) in [7, 11) is 3.59. The monoisotopic (exact) mass is 303 g/mol. The standard InChI is InChI=1S/C17H22FN3O/c1-12-9-20(2)17(19-12)14-6-7-21(11-14)10-13-4-5-15(22-3)8-16(13)18/h4-5,8-9,14H,6-7,10-11H2,1-3H3. The number of halogens is 1. The Bertz CT molecular complexity index is 668. The van der Waals surface area contributed by atoms with Crippen molar-refractivity contribution in [2.45, 2.75) is 25.8 Å². The van der Waals surface area contributed by atoms with E-state index < -0.39 is 0 Å². The zero-order valence-corrected chi connectivity index (χ0v) is 13.3. The number of aromatic nitrogens is 2. The smallest absolute Gasteiger partial charge is 0.131 e. The van der Waals surface area contributed by atoms with Gasteiger partial charge in [-0.25, -0.2) is 9.37 Å². The lowest BCUT2D eigenvalue weighted by molar-refractivity contribution is 0.319. The van der Waals surface area contributed by atoms with Crippen LogP contribution in [-0.2, 0) is 13.6 Å². The van der Waals surface area contributed by atoms with E-state index in [4.69, 9.17) is 4.74 Å². The number of hydrogen-bond acceptors (Lipinski definition) is 3. The van der Waals surface area contributed by atoms with Crippen LogP contribution in [-0.4, -0.2) is 34.7 Å². The topological polar surface area (TPSA) is 30.3 Å². The number of rotatable bonds is 4. The molecule has 2 aromatic rings. The maximum Gasteiger partial charge on any atom is 0.131 e. The average Bonchev–Trinajstić information content (AvgIpc) is 3.07. The molecule has 0 bridgehead atoms. The van der Waals surface area contributed by atoms with Gasteiger partial charge in [-0.15, -0.1) is 0 Å². The molecule has 1 aromatic heterocycles. The first-order valence-corrected chi connectivity index (χ1v) is 7.61. The molecular formula is C17H22FN3O. The first-order chi connectivity index (χ1) is 10.6. The molecule has 1 aliphatic rings. The van der Waals surface area contributed by atoms with Crippen molar-refractivity contribution in [2.24, 2.45) is 7.05 Å². The van der Waals surface area contributed by atoms with E-state index >= 15 is 0 Å². The van der Waals surface area contributed by atoms with Gasteiger partial charge >= 0.3 is 0 Å². The van der Waals surface area contributed by atoms with E-state index in [1.807, 2.05) is 26.1 Å². The van der Waals surface area contributed by atoms with Gasteiger partial charge in [0.15, 0.2) is 0 Å². The third-order valence-corrected chi connectivity index (χ3v) is 4.32. The van der Waals surface area contributed by atoms with E-state index in [-0.39, 0.29) is 5.82 Å². The Hall–Kier alpha value is -1.88. The van der Waals surface area contributed by atoms with E-state index in [2.05, 4.69) is 20.6 Å². The zero-order chi connectivity index (χ0) is 15.7. The molecule has 0 N–H and O–H groups in total. The fraction of sp³-hybridized carbons (Fsp3) is 0.471. The minimum Gasteiger partial charge on any atom is -0.497 e. The Morgan fingerprint density at radius 2 is 2.23 bits per heavy atom. The average molecular weight is 303 g/mol. The van der Waals surface area contributed by atoms with Crippen molar-refractivity contribution in [3.63, 3.8) is 0 Å². The highest BCUT2D eigenvalue weighted by Crippen LogP contribution is 2.28. The molecule has 1 fully saturated rings. The first-order valence-electron chi connectivity index (χ1n) is 7.61. The quantitative estimate of drug-likeness (QED) is 0.870. The molecule has 1 aliphatic heterocycles. The van der Waals surface area contributed by atoms with Crippen molar-refractivity contribution >= 4 is 0 Å². The summed E-state index contributed by atoms with van der Waals surface area (Å²) in [5.41, 5.74) is 1.77. The van der Waals surface area contributed by atoms with Gasteiger partial charge in [0.05, 0.1) is 12.8 Å². The van der Waals surface area contributed by atoms with Gasteiger partial charge < -0.3 is 9.30 Å². The zero-order valence-electron chi connectivity index (χ0n) is 13.3. The lowest BCUT2D eigenvalue weighted by Crippen LogP contribution is -2.21. The minimum atomic E-state index is -0.198. The fourth-order valence-corrected chi connectivity index (χ4v) is 3.23. The molecule has 2 heterocycles. The Morgan fingerprint density at radius 3 is 2.86 bits per heavy atom. The van der Waals surface area contributed by atoms with Crippen molar-refractivity contribution < 1.29 is 9.13 Å². The minimum absolute atomic E-state index is 0.198. The summed E-state index contributed by atoms with van der Waals surface area (Å²) in [6.07, 6.45) is 3.13. The molecule has 0 saturated carbocycles. The lowest BCUT2D eigenvalue weighted by atomic mass is 10.1. The lowest BCUT2D eigenvalue weighted by Gasteiger charge is -2.17. The highest BCUT2D eigenvalue weighted by molar-refractivity contribution is 5.29. The molecule has 0 amide bonds. The molecule has 5 heteroatoms. The number of aryl methyl sites for hydroxylation is 2. The summed E-state index contributed by atoms with van der Waals surface area (Å²) in [6.45, 7) is 4.55. The van der Waals surface area contributed by atoms with Gasteiger partial charge in [0.1, 0.15) is 17.4 Å². The van der Waals surface area contributed by atoms with Crippen molar-refractivity contribution in [3.05, 3.63) is 47.3 Å². The molecular weight excluding hydrogens is 281 g/mol. The van der Waals surface area contributed by atoms with Crippen LogP contribution in [0.5, 0.6) is 5.75 Å². The van der Waals surface area contributed by atoms with Crippen LogP contribution in [0, 0.1) is 12.7 Å². The van der Waals surface area contributed by atoms with Crippen molar-refractivity contribution in [1.82, 2.24) is 14.5 Å². The predicted molar refractivity (Wildman–Crippen MR) is 83.5 cm³/mol. The van der Waals surface area contributed by atoms with E-state index in [9.17, 15) is 4.39 Å². The molecule has 1 aromatic carbocycles. The van der Waals surface area contributed by atoms with Gasteiger partial charge in [0.2, 0.25) is 0 Å². The molecule has 0 aliphatic carbocycles. The van der Waals surface area contributed by atoms with Crippen molar-refractivity contribution in [3.8, 4) is 5.75 Å². The summed E-state index contributed by atoms with van der Waals surface area (Å²) in [5.74, 6) is 1.93. The van der Waals surface area contributed by atoms with Gasteiger partial charge in [0, 0.05) is 43.9 Å². The second-order valence-electron chi connectivity index (χ2n) is 6.03. The molecule has 0 spiro atoms. The maximum atomic E-state index is 14.1. The molecule has 3 rings (SSSR count). The van der Waals surface area contributed by atoms with Crippen LogP contribution >= 0.6 is 0 Å². The van der Waals surface area contributed by atoms with Crippen molar-refractivity contribution in [1.29, 1.82) is 0 Å². The van der Waals surface area contributed by atoms with Gasteiger partial charge in [0.25, 0.3) is 0 Å². The third-order valence-electron chi connectivity index (χ3n) is 4.32. The first kappa shape index (κ1) is 15.0. The summed E-state index contributed by atoms with van der Waals surface area (Å²) in [5, 5.41) is 0. The van der Waals surface area contributed by atoms with E-state index in [1.54, 1.807) is 7.11 Å². The number of methoxy groups -OCH3 is 1. The number of imidazole rings is 1. The van der Waals surface area contributed by atoms with Crippen LogP contribution in [0.4, 0.5) is 4.39 Å². The summed E-state index contributed by atoms with van der Waals surface area (Å²) < 4.78 is 21.2. The Morgan fingerprint density at radius 1 is 1.41 bits per heavy atom. The van der Waals surface area contributed by atoms with Crippen LogP contribution in [0.2, 0.25) is 0 Å². The number of nitrogens with zero attached hydrogens (tertiary/aromatic N) is 3. The largest absolute Gasteiger partial charge is 0.497 e. The normalized spacial score (nSPS) is 18.8. The Balaban J connectivity index is 1.67. The molecule has 1 unspecified atom stereocenters. The van der Waals surface area contributed by atoms with Crippen LogP contribution in [0.3, 0.4) is 0 Å². The number of ether oxygens (including phenoxy) is 1. The van der Waals surface area contributed by atoms with Gasteiger partial charge in [-0.2, -0.15) is 0 Å². The Labute approximate surface area is 130 Å². The summed E-state index contributed by atoms with van der Waals surface area (Å²) in [4.78, 5) is 6.91. The van der Waals surface area contributed by atoms with Crippen LogP contribution in [0.1, 0.15) is 29.4 Å². The highest BCUT2D eigenvalue weighted by Gasteiger charge is 2.27. The second-order valence-corrected chi connectivity index (χ2v) is 6.03. The third kappa shape index (κ3) is 2.99. The fourth-order valence-electron chi connectivity index (χ4n) is 3.23. The van der Waals surface area contributed by atoms with E-state index in [0.29, 0.717) is 18.2 Å². The molecule has 4 nitrogen and oxygen atoms in total. The summed E-state index contributed by atoms with van der Waals surface area (Å²) in [6, 6.07) is 5.07. The van der Waals surface area contributed by atoms with E-state index in [0.717, 1.165) is 36.6 Å². The number of likely N-dealkylation sites (tertiary alicyclic amines) is 1. The van der Waals surface area contributed by atoms with E-state index in [1.165, 1.54) is 6.07 Å². The Kier molecular flexibility index (Phi) is 4.16. The molecule has 22 heavy (non-hydrogen) atoms. The number of benzene rings is 1. The maximum absolute atomic E-state index is 14.1. The van der Waals surface area contributed by atoms with Crippen LogP contribution in [0.25, 0.3) is 0 Å². The van der Waals surface area contributed by atoms with Crippen LogP contribution in [0.15, 0.2) is 24.4 Å². The number of hydrogen-bond donors (Lipinski definition) is 0. The predicted octanol–water partition coefficient (Wildman–Crippen LogP) is 2.87. The van der Waals surface area contributed by atoms with Gasteiger partial charge in [-0.1, -0.05) is 6.07 Å². The second kappa shape index (κ2) is 6.08. The van der Waals surface area contributed by atoms with Crippen molar-refractivity contribution in [2.75, 3.05) is 20.2 Å². The SMILES string of the molecule is COc1ccc(CN2CCC(c3nc(C)cn3C)C2)c(F)c1. The van der Waals surface area contributed by atoms with Gasteiger partial charge in [-0.05, 0) is 26.0 Å². The van der Waals surface area contributed by atoms with Crippen LogP contribution < -0.4 is 4.74 Å². The van der Waals surface area contributed by atoms with Gasteiger partial charge in [-0.3, -0.25) is 4.90 Å². The highest BCUT2D eigenvalue weighted by atomic mass is 19.1. The molecule has 0 radical (unpaired) electrons.